The third-order valence-electron chi connectivity index (χ3n) is 6.32. The van der Waals surface area contributed by atoms with Crippen molar-refractivity contribution in [1.29, 1.82) is 0 Å². The summed E-state index contributed by atoms with van der Waals surface area (Å²) in [5.41, 5.74) is 8.36. The maximum absolute atomic E-state index is 13.0. The number of Topliss-reactive ketones (excluding diaryl/α,β-unsaturated/α-hetero) is 1. The smallest absolute Gasteiger partial charge is 0.312 e. The van der Waals surface area contributed by atoms with Gasteiger partial charge in [0, 0.05) is 40.5 Å². The Labute approximate surface area is 244 Å². The van der Waals surface area contributed by atoms with Gasteiger partial charge in [0.15, 0.2) is 17.4 Å². The average molecular weight is 635 g/mol. The maximum atomic E-state index is 13.0. The number of anilines is 1. The minimum atomic E-state index is -0.806. The molecule has 2 aromatic carbocycles. The van der Waals surface area contributed by atoms with Crippen molar-refractivity contribution in [2.24, 2.45) is 5.73 Å². The Morgan fingerprint density at radius 3 is 2.46 bits per heavy atom. The summed E-state index contributed by atoms with van der Waals surface area (Å²) in [4.78, 5) is 41.7. The molecule has 0 fully saturated rings. The van der Waals surface area contributed by atoms with E-state index in [0.717, 1.165) is 16.0 Å². The number of ether oxygens (including phenoxy) is 1. The number of benzene rings is 2. The van der Waals surface area contributed by atoms with E-state index in [0.29, 0.717) is 45.0 Å². The molecule has 2 aliphatic heterocycles. The summed E-state index contributed by atoms with van der Waals surface area (Å²) >= 11 is 16.5. The van der Waals surface area contributed by atoms with Gasteiger partial charge in [-0.2, -0.15) is 0 Å². The zero-order valence-corrected chi connectivity index (χ0v) is 24.5. The van der Waals surface area contributed by atoms with Crippen molar-refractivity contribution in [2.45, 2.75) is 20.5 Å². The SMILES string of the molecule is CC(=O)c1cccc(N2C(C)=C(Br)N3CC=C(N(C)C(=O)CNC(N)=O)C(OCc4c(Cl)cccc4Cl)=C32)c1. The number of nitrogens with one attached hydrogen (secondary N) is 1. The summed E-state index contributed by atoms with van der Waals surface area (Å²) in [5, 5.41) is 3.20. The van der Waals surface area contributed by atoms with E-state index in [1.54, 1.807) is 37.4 Å². The third kappa shape index (κ3) is 5.78. The average Bonchev–Trinajstić information content (AvgIpc) is 3.16. The Balaban J connectivity index is 1.83. The molecule has 3 amide bonds. The minimum Gasteiger partial charge on any atom is -0.483 e. The van der Waals surface area contributed by atoms with E-state index in [2.05, 4.69) is 21.2 Å². The molecule has 2 aliphatic rings. The number of halogens is 3. The molecule has 39 heavy (non-hydrogen) atoms. The highest BCUT2D eigenvalue weighted by Crippen LogP contribution is 2.44. The van der Waals surface area contributed by atoms with Crippen LogP contribution in [0, 0.1) is 0 Å². The molecule has 2 heterocycles. The number of allylic oxidation sites excluding steroid dienone is 1. The van der Waals surface area contributed by atoms with Gasteiger partial charge in [-0.05, 0) is 60.1 Å². The van der Waals surface area contributed by atoms with E-state index in [-0.39, 0.29) is 18.9 Å². The number of rotatable bonds is 8. The number of hydrogen-bond acceptors (Lipinski definition) is 6. The molecule has 4 rings (SSSR count). The number of likely N-dealkylation sites (N-methyl/N-ethyl adjacent to an activating group) is 1. The van der Waals surface area contributed by atoms with Gasteiger partial charge in [-0.3, -0.25) is 14.5 Å². The monoisotopic (exact) mass is 633 g/mol. The third-order valence-corrected chi connectivity index (χ3v) is 8.03. The van der Waals surface area contributed by atoms with Crippen molar-refractivity contribution >= 4 is 62.5 Å². The van der Waals surface area contributed by atoms with Crippen LogP contribution in [0.1, 0.15) is 29.8 Å². The summed E-state index contributed by atoms with van der Waals surface area (Å²) in [7, 11) is 1.59. The lowest BCUT2D eigenvalue weighted by Gasteiger charge is -2.35. The van der Waals surface area contributed by atoms with Gasteiger partial charge in [0.2, 0.25) is 5.91 Å². The molecule has 204 valence electrons. The normalized spacial score (nSPS) is 14.8. The summed E-state index contributed by atoms with van der Waals surface area (Å²) in [5.74, 6) is 0.527. The summed E-state index contributed by atoms with van der Waals surface area (Å²) in [6.45, 7) is 3.58. The second-order valence-electron chi connectivity index (χ2n) is 8.83. The summed E-state index contributed by atoms with van der Waals surface area (Å²) in [6.07, 6.45) is 1.85. The number of carbonyl (C=O) groups is 3. The van der Waals surface area contributed by atoms with Gasteiger partial charge >= 0.3 is 6.03 Å². The van der Waals surface area contributed by atoms with Gasteiger partial charge in [0.1, 0.15) is 11.2 Å². The number of primary amides is 1. The van der Waals surface area contributed by atoms with E-state index in [9.17, 15) is 14.4 Å². The predicted molar refractivity (Wildman–Crippen MR) is 154 cm³/mol. The van der Waals surface area contributed by atoms with Gasteiger partial charge in [-0.1, -0.05) is 41.4 Å². The van der Waals surface area contributed by atoms with E-state index in [1.165, 1.54) is 11.8 Å². The molecule has 0 atom stereocenters. The molecule has 0 spiro atoms. The molecule has 0 unspecified atom stereocenters. The maximum Gasteiger partial charge on any atom is 0.312 e. The molecule has 9 nitrogen and oxygen atoms in total. The lowest BCUT2D eigenvalue weighted by molar-refractivity contribution is -0.127. The molecule has 0 radical (unpaired) electrons. The van der Waals surface area contributed by atoms with E-state index < -0.39 is 11.9 Å². The van der Waals surface area contributed by atoms with Crippen LogP contribution in [0.25, 0.3) is 0 Å². The van der Waals surface area contributed by atoms with Crippen LogP contribution >= 0.6 is 39.1 Å². The molecule has 3 N–H and O–H groups in total. The Bertz CT molecular complexity index is 1440. The Hall–Kier alpha value is -3.47. The topological polar surface area (TPSA) is 108 Å². The summed E-state index contributed by atoms with van der Waals surface area (Å²) in [6, 6.07) is 11.6. The number of ketones is 1. The predicted octanol–water partition coefficient (Wildman–Crippen LogP) is 5.31. The van der Waals surface area contributed by atoms with Crippen molar-refractivity contribution in [1.82, 2.24) is 15.1 Å². The number of nitrogens with two attached hydrogens (primary N) is 1. The van der Waals surface area contributed by atoms with Crippen LogP contribution in [0.2, 0.25) is 10.0 Å². The number of hydrogen-bond donors (Lipinski definition) is 2. The van der Waals surface area contributed by atoms with Crippen LogP contribution in [-0.4, -0.2) is 47.7 Å². The van der Waals surface area contributed by atoms with Crippen molar-refractivity contribution in [2.75, 3.05) is 25.0 Å². The van der Waals surface area contributed by atoms with E-state index in [4.69, 9.17) is 33.7 Å². The zero-order chi connectivity index (χ0) is 28.4. The molecular formula is C27H26BrCl2N5O4. The minimum absolute atomic E-state index is 0.0160. The molecule has 0 saturated carbocycles. The van der Waals surface area contributed by atoms with Gasteiger partial charge < -0.3 is 25.6 Å². The van der Waals surface area contributed by atoms with Crippen LogP contribution in [-0.2, 0) is 16.1 Å². The van der Waals surface area contributed by atoms with Crippen LogP contribution in [0.15, 0.2) is 76.1 Å². The fourth-order valence-corrected chi connectivity index (χ4v) is 5.27. The highest BCUT2D eigenvalue weighted by atomic mass is 79.9. The fourth-order valence-electron chi connectivity index (χ4n) is 4.27. The van der Waals surface area contributed by atoms with Gasteiger partial charge in [-0.15, -0.1) is 0 Å². The van der Waals surface area contributed by atoms with Crippen LogP contribution in [0.4, 0.5) is 10.5 Å². The number of fused-ring (bicyclic) bond motifs is 1. The van der Waals surface area contributed by atoms with Crippen molar-refractivity contribution < 1.29 is 19.1 Å². The largest absolute Gasteiger partial charge is 0.483 e. The highest BCUT2D eigenvalue weighted by molar-refractivity contribution is 9.11. The first-order chi connectivity index (χ1) is 18.5. The number of nitrogens with zero attached hydrogens (tertiary/aromatic N) is 3. The molecule has 12 heteroatoms. The number of amides is 3. The van der Waals surface area contributed by atoms with Crippen LogP contribution in [0.3, 0.4) is 0 Å². The molecule has 0 saturated heterocycles. The first-order valence-electron chi connectivity index (χ1n) is 11.9. The molecule has 0 aliphatic carbocycles. The molecule has 0 bridgehead atoms. The highest BCUT2D eigenvalue weighted by Gasteiger charge is 2.39. The number of urea groups is 1. The van der Waals surface area contributed by atoms with Crippen molar-refractivity contribution in [3.05, 3.63) is 97.3 Å². The Kier molecular flexibility index (Phi) is 8.58. The second kappa shape index (κ2) is 11.7. The quantitative estimate of drug-likeness (QED) is 0.301. The van der Waals surface area contributed by atoms with Crippen molar-refractivity contribution in [3.63, 3.8) is 0 Å². The second-order valence-corrected chi connectivity index (χ2v) is 10.4. The lowest BCUT2D eigenvalue weighted by atomic mass is 10.1. The fraction of sp³-hybridized carbons (Fsp3) is 0.222. The van der Waals surface area contributed by atoms with E-state index in [1.807, 2.05) is 34.9 Å². The number of carbonyl (C=O) groups excluding carboxylic acids is 3. The Morgan fingerprint density at radius 1 is 1.15 bits per heavy atom. The Morgan fingerprint density at radius 2 is 1.82 bits per heavy atom. The summed E-state index contributed by atoms with van der Waals surface area (Å²) < 4.78 is 7.21. The van der Waals surface area contributed by atoms with Crippen LogP contribution < -0.4 is 16.0 Å². The standard InChI is InChI=1S/C27H26BrCl2N5O4/c1-15-25(28)34-11-10-22(33(3)23(37)13-32-27(31)38)24(39-14-19-20(29)8-5-9-21(19)30)26(34)35(15)18-7-4-6-17(12-18)16(2)36/h4-10,12H,11,13-14H2,1-3H3,(H3,31,32,38). The molecular weight excluding hydrogens is 609 g/mol. The first-order valence-corrected chi connectivity index (χ1v) is 13.4. The zero-order valence-electron chi connectivity index (χ0n) is 21.4. The first kappa shape index (κ1) is 28.5. The van der Waals surface area contributed by atoms with E-state index >= 15 is 0 Å². The van der Waals surface area contributed by atoms with Gasteiger partial charge in [0.25, 0.3) is 0 Å². The van der Waals surface area contributed by atoms with Crippen molar-refractivity contribution in [3.8, 4) is 0 Å². The van der Waals surface area contributed by atoms with Gasteiger partial charge in [0.05, 0.1) is 17.9 Å². The lowest BCUT2D eigenvalue weighted by Crippen LogP contribution is -2.42. The molecule has 0 aromatic heterocycles. The van der Waals surface area contributed by atoms with Gasteiger partial charge in [-0.25, -0.2) is 4.79 Å². The molecule has 2 aromatic rings. The van der Waals surface area contributed by atoms with Crippen LogP contribution in [0.5, 0.6) is 0 Å².